The third-order valence-corrected chi connectivity index (χ3v) is 7.33. The summed E-state index contributed by atoms with van der Waals surface area (Å²) in [4.78, 5) is 17.2. The van der Waals surface area contributed by atoms with Crippen LogP contribution in [-0.4, -0.2) is 46.3 Å². The fourth-order valence-electron chi connectivity index (χ4n) is 4.97. The zero-order valence-corrected chi connectivity index (χ0v) is 28.7. The Morgan fingerprint density at radius 1 is 1.11 bits per heavy atom. The average Bonchev–Trinajstić information content (AvgIpc) is 3.53. The van der Waals surface area contributed by atoms with Crippen LogP contribution in [0, 0.1) is 5.92 Å². The maximum atomic E-state index is 12.5. The fourth-order valence-corrected chi connectivity index (χ4v) is 4.97. The lowest BCUT2D eigenvalue weighted by Gasteiger charge is -2.22. The molecule has 3 heterocycles. The third-order valence-electron chi connectivity index (χ3n) is 7.33. The standard InChI is InChI=1S/C38H51N5O3/c1-9-10-11-16-36(46-26-32-14-12-19-40-37(32)29(6)23-30(7)39-21-17-27(2)3)34(24-44)31(8)45-25-33-15-13-20-41-38(33)35-18-22-42-43(35)28(4)5/h9-19,21-24,27-28,30-31,39,41H,20,25-26H2,1-8H3/b10-9+,16-11-,21-17+,29-23+,36-34+. The lowest BCUT2D eigenvalue weighted by atomic mass is 10.1. The van der Waals surface area contributed by atoms with Crippen LogP contribution in [0.25, 0.3) is 11.3 Å². The van der Waals surface area contributed by atoms with Crippen LogP contribution in [0.2, 0.25) is 0 Å². The molecule has 246 valence electrons. The Kier molecular flexibility index (Phi) is 14.5. The van der Waals surface area contributed by atoms with Crippen molar-refractivity contribution in [3.05, 3.63) is 119 Å². The van der Waals surface area contributed by atoms with E-state index in [4.69, 9.17) is 9.47 Å². The van der Waals surface area contributed by atoms with Gasteiger partial charge in [0.05, 0.1) is 35.4 Å². The minimum absolute atomic E-state index is 0.125. The van der Waals surface area contributed by atoms with Crippen molar-refractivity contribution in [1.82, 2.24) is 25.4 Å². The number of ether oxygens (including phenoxy) is 2. The van der Waals surface area contributed by atoms with Gasteiger partial charge in [-0.3, -0.25) is 14.5 Å². The van der Waals surface area contributed by atoms with Gasteiger partial charge in [0.25, 0.3) is 0 Å². The highest BCUT2D eigenvalue weighted by atomic mass is 16.5. The Balaban J connectivity index is 1.84. The number of nitrogens with one attached hydrogen (secondary N) is 2. The van der Waals surface area contributed by atoms with Crippen LogP contribution >= 0.6 is 0 Å². The molecular weight excluding hydrogens is 574 g/mol. The number of rotatable bonds is 17. The summed E-state index contributed by atoms with van der Waals surface area (Å²) in [6, 6.07) is 6.25. The summed E-state index contributed by atoms with van der Waals surface area (Å²) < 4.78 is 14.7. The molecule has 0 saturated carbocycles. The zero-order valence-electron chi connectivity index (χ0n) is 28.7. The summed E-state index contributed by atoms with van der Waals surface area (Å²) in [5.74, 6) is 0.934. The van der Waals surface area contributed by atoms with E-state index >= 15 is 0 Å². The number of aromatic nitrogens is 3. The molecule has 2 atom stereocenters. The molecule has 0 bridgehead atoms. The normalized spacial score (nSPS) is 16.1. The van der Waals surface area contributed by atoms with E-state index in [9.17, 15) is 4.79 Å². The predicted molar refractivity (Wildman–Crippen MR) is 188 cm³/mol. The molecule has 2 unspecified atom stereocenters. The summed E-state index contributed by atoms with van der Waals surface area (Å²) in [7, 11) is 0. The first-order valence-electron chi connectivity index (χ1n) is 16.1. The second kappa shape index (κ2) is 18.5. The Morgan fingerprint density at radius 2 is 1.91 bits per heavy atom. The van der Waals surface area contributed by atoms with Crippen LogP contribution in [0.5, 0.6) is 0 Å². The molecule has 0 aromatic carbocycles. The minimum atomic E-state index is -0.525. The summed E-state index contributed by atoms with van der Waals surface area (Å²) in [6.07, 6.45) is 21.8. The van der Waals surface area contributed by atoms with Crippen molar-refractivity contribution in [2.24, 2.45) is 5.92 Å². The number of hydrogen-bond acceptors (Lipinski definition) is 7. The van der Waals surface area contributed by atoms with Gasteiger partial charge in [-0.1, -0.05) is 62.4 Å². The van der Waals surface area contributed by atoms with Gasteiger partial charge >= 0.3 is 0 Å². The number of pyridine rings is 1. The molecule has 2 aromatic rings. The molecule has 1 aliphatic heterocycles. The molecule has 0 aliphatic carbocycles. The van der Waals surface area contributed by atoms with Gasteiger partial charge < -0.3 is 20.1 Å². The van der Waals surface area contributed by atoms with Crippen molar-refractivity contribution in [2.45, 2.75) is 80.2 Å². The highest BCUT2D eigenvalue weighted by molar-refractivity contribution is 5.76. The number of carbonyl (C=O) groups excluding carboxylic acids is 1. The largest absolute Gasteiger partial charge is 0.488 e. The molecule has 0 radical (unpaired) electrons. The van der Waals surface area contributed by atoms with E-state index in [0.29, 0.717) is 23.9 Å². The van der Waals surface area contributed by atoms with Gasteiger partial charge in [0, 0.05) is 42.2 Å². The van der Waals surface area contributed by atoms with Crippen LogP contribution in [0.3, 0.4) is 0 Å². The van der Waals surface area contributed by atoms with Crippen molar-refractivity contribution in [3.63, 3.8) is 0 Å². The Bertz CT molecular complexity index is 1500. The number of aldehydes is 1. The second-order valence-electron chi connectivity index (χ2n) is 11.9. The van der Waals surface area contributed by atoms with Gasteiger partial charge in [-0.05, 0) is 77.4 Å². The number of dihydropyridines is 1. The molecule has 0 amide bonds. The Morgan fingerprint density at radius 3 is 2.63 bits per heavy atom. The van der Waals surface area contributed by atoms with E-state index < -0.39 is 6.10 Å². The first-order valence-corrected chi connectivity index (χ1v) is 16.1. The molecular formula is C38H51N5O3. The first kappa shape index (κ1) is 36.0. The predicted octanol–water partition coefficient (Wildman–Crippen LogP) is 7.49. The van der Waals surface area contributed by atoms with E-state index in [2.05, 4.69) is 86.6 Å². The van der Waals surface area contributed by atoms with Crippen molar-refractivity contribution in [2.75, 3.05) is 13.2 Å². The number of nitrogens with zero attached hydrogens (tertiary/aromatic N) is 3. The molecule has 8 heteroatoms. The van der Waals surface area contributed by atoms with Crippen molar-refractivity contribution in [1.29, 1.82) is 0 Å². The van der Waals surface area contributed by atoms with Crippen LogP contribution in [-0.2, 0) is 20.9 Å². The van der Waals surface area contributed by atoms with Gasteiger partial charge in [0.15, 0.2) is 6.29 Å². The Hall–Kier alpha value is -4.43. The summed E-state index contributed by atoms with van der Waals surface area (Å²) >= 11 is 0. The Labute approximate surface area is 275 Å². The van der Waals surface area contributed by atoms with Gasteiger partial charge in [-0.15, -0.1) is 0 Å². The van der Waals surface area contributed by atoms with Crippen molar-refractivity contribution in [3.8, 4) is 0 Å². The summed E-state index contributed by atoms with van der Waals surface area (Å²) in [6.45, 7) is 17.7. The van der Waals surface area contributed by atoms with Gasteiger partial charge in [-0.25, -0.2) is 0 Å². The molecule has 0 saturated heterocycles. The molecule has 8 nitrogen and oxygen atoms in total. The van der Waals surface area contributed by atoms with E-state index in [0.717, 1.165) is 46.6 Å². The van der Waals surface area contributed by atoms with E-state index in [-0.39, 0.29) is 18.7 Å². The maximum absolute atomic E-state index is 12.5. The molecule has 46 heavy (non-hydrogen) atoms. The number of carbonyl (C=O) groups is 1. The quantitative estimate of drug-likeness (QED) is 0.0815. The van der Waals surface area contributed by atoms with E-state index in [1.807, 2.05) is 73.4 Å². The highest BCUT2D eigenvalue weighted by Gasteiger charge is 2.20. The minimum Gasteiger partial charge on any atom is -0.488 e. The molecule has 2 N–H and O–H groups in total. The number of allylic oxidation sites excluding steroid dienone is 6. The smallest absolute Gasteiger partial charge is 0.152 e. The lowest BCUT2D eigenvalue weighted by Crippen LogP contribution is -2.24. The average molecular weight is 626 g/mol. The van der Waals surface area contributed by atoms with Crippen LogP contribution in [0.15, 0.2) is 102 Å². The van der Waals surface area contributed by atoms with Crippen molar-refractivity contribution < 1.29 is 14.3 Å². The van der Waals surface area contributed by atoms with Crippen LogP contribution in [0.1, 0.15) is 78.4 Å². The van der Waals surface area contributed by atoms with Crippen LogP contribution < -0.4 is 10.6 Å². The van der Waals surface area contributed by atoms with Crippen molar-refractivity contribution >= 4 is 17.6 Å². The van der Waals surface area contributed by atoms with E-state index in [1.54, 1.807) is 6.20 Å². The lowest BCUT2D eigenvalue weighted by molar-refractivity contribution is -0.106. The third kappa shape index (κ3) is 10.6. The molecule has 2 aromatic heterocycles. The molecule has 3 rings (SSSR count). The summed E-state index contributed by atoms with van der Waals surface area (Å²) in [5.41, 5.74) is 6.22. The fraction of sp³-hybridized carbons (Fsp3) is 0.395. The monoisotopic (exact) mass is 625 g/mol. The zero-order chi connectivity index (χ0) is 33.5. The van der Waals surface area contributed by atoms with Gasteiger partial charge in [0.2, 0.25) is 0 Å². The van der Waals surface area contributed by atoms with Gasteiger partial charge in [-0.2, -0.15) is 5.10 Å². The summed E-state index contributed by atoms with van der Waals surface area (Å²) in [5, 5.41) is 11.4. The first-order chi connectivity index (χ1) is 22.2. The molecule has 0 spiro atoms. The molecule has 0 fully saturated rings. The molecule has 1 aliphatic rings. The second-order valence-corrected chi connectivity index (χ2v) is 11.9. The van der Waals surface area contributed by atoms with Crippen LogP contribution in [0.4, 0.5) is 0 Å². The van der Waals surface area contributed by atoms with E-state index in [1.165, 1.54) is 0 Å². The van der Waals surface area contributed by atoms with Gasteiger partial charge in [0.1, 0.15) is 12.4 Å². The number of hydrogen-bond donors (Lipinski definition) is 2. The highest BCUT2D eigenvalue weighted by Crippen LogP contribution is 2.25. The maximum Gasteiger partial charge on any atom is 0.152 e. The topological polar surface area (TPSA) is 90.3 Å². The SMILES string of the molecule is C/C=C/C=C\C(OCc1cccnc1/C(C)=C/C(C)N/C=C/C(C)C)=C(\C=O)C(C)OCC1=C(c2ccnn2C(C)C)NCC=C1.